The van der Waals surface area contributed by atoms with Crippen LogP contribution in [0.25, 0.3) is 34.1 Å². The van der Waals surface area contributed by atoms with Gasteiger partial charge < -0.3 is 40.1 Å². The van der Waals surface area contributed by atoms with E-state index in [1.54, 1.807) is 24.8 Å². The first-order valence-electron chi connectivity index (χ1n) is 23.5. The van der Waals surface area contributed by atoms with E-state index in [-0.39, 0.29) is 30.3 Å². The lowest BCUT2D eigenvalue weighted by atomic mass is 10.0. The van der Waals surface area contributed by atoms with Gasteiger partial charge in [0.2, 0.25) is 11.9 Å². The molecule has 8 aromatic rings. The Morgan fingerprint density at radius 3 is 1.87 bits per heavy atom. The van der Waals surface area contributed by atoms with Crippen molar-refractivity contribution in [1.82, 2.24) is 48.5 Å². The average molecular weight is 949 g/mol. The molecule has 2 saturated heterocycles. The number of piperazine rings is 2. The molecule has 8 heterocycles. The molecule has 362 valence electrons. The highest BCUT2D eigenvalue weighted by Crippen LogP contribution is 2.35. The number of rotatable bonds is 16. The number of nitrogens with one attached hydrogen (secondary N) is 2. The van der Waals surface area contributed by atoms with Crippen LogP contribution in [0, 0.1) is 12.7 Å². The van der Waals surface area contributed by atoms with E-state index in [1.807, 2.05) is 103 Å². The van der Waals surface area contributed by atoms with Gasteiger partial charge in [0, 0.05) is 107 Å². The highest BCUT2D eigenvalue weighted by Gasteiger charge is 2.30. The maximum Gasteiger partial charge on any atom is 0.228 e. The second-order valence-corrected chi connectivity index (χ2v) is 17.8. The van der Waals surface area contributed by atoms with Crippen LogP contribution < -0.4 is 29.9 Å². The molecule has 19 heteroatoms. The van der Waals surface area contributed by atoms with Gasteiger partial charge in [-0.05, 0) is 74.4 Å². The number of aryl methyl sites for hydroxylation is 1. The minimum absolute atomic E-state index is 0.0301. The molecular weight excluding hydrogens is 892 g/mol. The van der Waals surface area contributed by atoms with E-state index in [0.29, 0.717) is 47.4 Å². The lowest BCUT2D eigenvalue weighted by molar-refractivity contribution is 0.0348. The molecule has 2 aliphatic rings. The molecule has 4 N–H and O–H groups in total. The van der Waals surface area contributed by atoms with Gasteiger partial charge in [-0.15, -0.1) is 0 Å². The molecule has 2 fully saturated rings. The number of pyridine rings is 2. The summed E-state index contributed by atoms with van der Waals surface area (Å²) >= 11 is 0. The predicted molar refractivity (Wildman–Crippen MR) is 268 cm³/mol. The summed E-state index contributed by atoms with van der Waals surface area (Å²) in [5.74, 6) is 1.39. The van der Waals surface area contributed by atoms with E-state index in [4.69, 9.17) is 14.5 Å². The van der Waals surface area contributed by atoms with Gasteiger partial charge in [0.05, 0.1) is 74.0 Å². The Morgan fingerprint density at radius 2 is 1.27 bits per heavy atom. The number of β-amino-alcohol motifs (C(OH)–C–C–N with tert-alkyl or cyclic N) is 1. The Bertz CT molecular complexity index is 3100. The molecule has 2 aliphatic heterocycles. The predicted octanol–water partition coefficient (Wildman–Crippen LogP) is 6.29. The molecule has 70 heavy (non-hydrogen) atoms. The van der Waals surface area contributed by atoms with Crippen molar-refractivity contribution < 1.29 is 24.1 Å². The molecular formula is C51H57FN14O4. The van der Waals surface area contributed by atoms with Crippen LogP contribution in [0.5, 0.6) is 11.5 Å². The molecule has 10 rings (SSSR count). The monoisotopic (exact) mass is 948 g/mol. The number of imidazole rings is 2. The van der Waals surface area contributed by atoms with Gasteiger partial charge in [-0.3, -0.25) is 18.6 Å². The molecule has 0 amide bonds. The molecule has 18 nitrogen and oxygen atoms in total. The Kier molecular flexibility index (Phi) is 13.4. The van der Waals surface area contributed by atoms with Crippen LogP contribution in [-0.4, -0.2) is 150 Å². The van der Waals surface area contributed by atoms with Gasteiger partial charge in [0.25, 0.3) is 0 Å². The minimum Gasteiger partial charge on any atom is -0.494 e. The third kappa shape index (κ3) is 9.60. The van der Waals surface area contributed by atoms with E-state index >= 15 is 4.39 Å². The van der Waals surface area contributed by atoms with E-state index in [1.165, 1.54) is 0 Å². The summed E-state index contributed by atoms with van der Waals surface area (Å²) in [6.45, 7) is 9.94. The van der Waals surface area contributed by atoms with Crippen molar-refractivity contribution in [3.05, 3.63) is 121 Å². The fourth-order valence-corrected chi connectivity index (χ4v) is 9.63. The Morgan fingerprint density at radius 1 is 0.700 bits per heavy atom. The third-order valence-electron chi connectivity index (χ3n) is 13.4. The summed E-state index contributed by atoms with van der Waals surface area (Å²) in [6, 6.07) is 23.5. The number of aliphatic hydroxyl groups is 2. The number of fused-ring (bicyclic) bond motifs is 2. The van der Waals surface area contributed by atoms with Crippen molar-refractivity contribution in [2.24, 2.45) is 0 Å². The van der Waals surface area contributed by atoms with Crippen molar-refractivity contribution in [1.29, 1.82) is 0 Å². The van der Waals surface area contributed by atoms with Crippen LogP contribution in [0.15, 0.2) is 110 Å². The highest BCUT2D eigenvalue weighted by molar-refractivity contribution is 5.72. The Balaban J connectivity index is 0.710. The molecule has 0 saturated carbocycles. The lowest BCUT2D eigenvalue weighted by Crippen LogP contribution is -2.55. The summed E-state index contributed by atoms with van der Waals surface area (Å²) in [5.41, 5.74) is 8.23. The SMILES string of the molecule is COc1cc(N2CCN(C(CO)CC(O)CN3CCN(c4ccc(Nc5ncc(F)c(-c6cnc7ccccn67)n5)c(OC)c4)CC3C)CC2)ccc1Nc1ncc(C)c(-c2cnc3ccccn23)n1. The maximum atomic E-state index is 15.0. The topological polar surface area (TPSA) is 182 Å². The molecule has 0 bridgehead atoms. The molecule has 3 unspecified atom stereocenters. The van der Waals surface area contributed by atoms with E-state index in [2.05, 4.69) is 68.1 Å². The van der Waals surface area contributed by atoms with Crippen LogP contribution in [-0.2, 0) is 0 Å². The van der Waals surface area contributed by atoms with Gasteiger partial charge in [-0.1, -0.05) is 12.1 Å². The number of aromatic nitrogens is 8. The number of halogens is 1. The number of hydrogen-bond acceptors (Lipinski definition) is 16. The standard InChI is InChI=1S/C51H57FN14O4/c1-33-26-55-50(59-48(33)42-28-53-46-9-5-7-15-65(42)46)57-40-13-11-35(24-44(40)69-3)61-17-19-62(20-18-61)37(32-67)23-38(68)31-63-21-22-64(30-34(63)2)36-12-14-41(45(25-36)70-4)58-51-56-27-39(52)49(60-51)43-29-54-47-10-6-8-16-66(43)47/h5-16,24-29,34,37-38,67-68H,17-23,30-32H2,1-4H3,(H,55,57,59)(H,56,58,60). The summed E-state index contributed by atoms with van der Waals surface area (Å²) < 4.78 is 30.4. The largest absolute Gasteiger partial charge is 0.494 e. The molecule has 0 spiro atoms. The minimum atomic E-state index is -0.603. The first kappa shape index (κ1) is 46.3. The average Bonchev–Trinajstić information content (AvgIpc) is 4.03. The quantitative estimate of drug-likeness (QED) is 0.0847. The number of benzene rings is 2. The smallest absolute Gasteiger partial charge is 0.228 e. The molecule has 0 radical (unpaired) electrons. The number of methoxy groups -OCH3 is 2. The summed E-state index contributed by atoms with van der Waals surface area (Å²) in [4.78, 5) is 36.3. The third-order valence-corrected chi connectivity index (χ3v) is 13.4. The normalized spacial score (nSPS) is 16.7. The fraction of sp³-hybridized carbons (Fsp3) is 0.333. The second-order valence-electron chi connectivity index (χ2n) is 17.8. The summed E-state index contributed by atoms with van der Waals surface area (Å²) in [7, 11) is 3.27. The molecule has 2 aromatic carbocycles. The zero-order chi connectivity index (χ0) is 48.3. The zero-order valence-corrected chi connectivity index (χ0v) is 39.7. The van der Waals surface area contributed by atoms with E-state index in [0.717, 1.165) is 91.7 Å². The van der Waals surface area contributed by atoms with Gasteiger partial charge in [-0.2, -0.15) is 0 Å². The number of aliphatic hydroxyl groups excluding tert-OH is 2. The van der Waals surface area contributed by atoms with Crippen LogP contribution in [0.1, 0.15) is 18.9 Å². The van der Waals surface area contributed by atoms with Crippen LogP contribution >= 0.6 is 0 Å². The van der Waals surface area contributed by atoms with Crippen LogP contribution in [0.4, 0.5) is 39.0 Å². The molecule has 0 aliphatic carbocycles. The lowest BCUT2D eigenvalue weighted by Gasteiger charge is -2.43. The van der Waals surface area contributed by atoms with Gasteiger partial charge >= 0.3 is 0 Å². The fourth-order valence-electron chi connectivity index (χ4n) is 9.63. The number of ether oxygens (including phenoxy) is 2. The first-order valence-corrected chi connectivity index (χ1v) is 23.5. The maximum absolute atomic E-state index is 15.0. The van der Waals surface area contributed by atoms with Gasteiger partial charge in [-0.25, -0.2) is 34.3 Å². The number of hydrogen-bond donors (Lipinski definition) is 4. The zero-order valence-electron chi connectivity index (χ0n) is 39.7. The van der Waals surface area contributed by atoms with Crippen LogP contribution in [0.3, 0.4) is 0 Å². The van der Waals surface area contributed by atoms with Crippen molar-refractivity contribution in [3.63, 3.8) is 0 Å². The Hall–Kier alpha value is -7.45. The van der Waals surface area contributed by atoms with E-state index < -0.39 is 11.9 Å². The second kappa shape index (κ2) is 20.3. The van der Waals surface area contributed by atoms with Crippen molar-refractivity contribution in [2.45, 2.75) is 38.5 Å². The van der Waals surface area contributed by atoms with Gasteiger partial charge in [0.15, 0.2) is 5.82 Å². The van der Waals surface area contributed by atoms with Gasteiger partial charge in [0.1, 0.15) is 28.5 Å². The van der Waals surface area contributed by atoms with Crippen LogP contribution in [0.2, 0.25) is 0 Å². The van der Waals surface area contributed by atoms with Crippen molar-refractivity contribution >= 4 is 45.9 Å². The number of anilines is 6. The Labute approximate surface area is 405 Å². The van der Waals surface area contributed by atoms with E-state index in [9.17, 15) is 10.2 Å². The summed E-state index contributed by atoms with van der Waals surface area (Å²) in [6.07, 6.45) is 10.0. The van der Waals surface area contributed by atoms with Crippen molar-refractivity contribution in [2.75, 3.05) is 93.6 Å². The summed E-state index contributed by atoms with van der Waals surface area (Å²) in [5, 5.41) is 28.6. The molecule has 6 aromatic heterocycles. The molecule has 3 atom stereocenters. The highest BCUT2D eigenvalue weighted by atomic mass is 19.1. The number of nitrogens with zero attached hydrogens (tertiary/aromatic N) is 12. The first-order chi connectivity index (χ1) is 34.2. The van der Waals surface area contributed by atoms with Crippen molar-refractivity contribution in [3.8, 4) is 34.3 Å².